The predicted octanol–water partition coefficient (Wildman–Crippen LogP) is 3.09. The first kappa shape index (κ1) is 14.5. The van der Waals surface area contributed by atoms with E-state index in [1.807, 2.05) is 6.07 Å². The summed E-state index contributed by atoms with van der Waals surface area (Å²) in [5.74, 6) is -0.404. The van der Waals surface area contributed by atoms with Crippen LogP contribution in [0.2, 0.25) is 0 Å². The number of nitrogens with one attached hydrogen (secondary N) is 2. The van der Waals surface area contributed by atoms with Gasteiger partial charge in [-0.15, -0.1) is 0 Å². The molecule has 1 aliphatic carbocycles. The minimum atomic E-state index is -0.265. The number of benzene rings is 1. The predicted molar refractivity (Wildman–Crippen MR) is 81.5 cm³/mol. The lowest BCUT2D eigenvalue weighted by molar-refractivity contribution is -0.118. The number of fused-ring (bicyclic) bond motifs is 1. The molecule has 21 heavy (non-hydrogen) atoms. The van der Waals surface area contributed by atoms with Crippen LogP contribution in [0.1, 0.15) is 38.8 Å². The van der Waals surface area contributed by atoms with E-state index in [0.29, 0.717) is 18.7 Å². The van der Waals surface area contributed by atoms with E-state index in [0.717, 1.165) is 17.7 Å². The molecule has 3 nitrogen and oxygen atoms in total. The Kier molecular flexibility index (Phi) is 3.14. The maximum atomic E-state index is 14.5. The molecule has 0 radical (unpaired) electrons. The third-order valence-electron chi connectivity index (χ3n) is 5.75. The molecular weight excluding hydrogens is 267 g/mol. The van der Waals surface area contributed by atoms with Gasteiger partial charge >= 0.3 is 0 Å². The van der Waals surface area contributed by atoms with E-state index < -0.39 is 0 Å². The Bertz CT molecular complexity index is 593. The summed E-state index contributed by atoms with van der Waals surface area (Å²) in [6, 6.07) is 3.59. The first-order chi connectivity index (χ1) is 9.76. The average molecular weight is 290 g/mol. The quantitative estimate of drug-likeness (QED) is 0.879. The summed E-state index contributed by atoms with van der Waals surface area (Å²) >= 11 is 0. The van der Waals surface area contributed by atoms with E-state index in [9.17, 15) is 9.18 Å². The zero-order valence-electron chi connectivity index (χ0n) is 13.1. The van der Waals surface area contributed by atoms with Gasteiger partial charge in [-0.25, -0.2) is 4.39 Å². The average Bonchev–Trinajstić information content (AvgIpc) is 2.83. The molecule has 1 aromatic carbocycles. The molecular formula is C17H23FN2O. The second-order valence-electron chi connectivity index (χ2n) is 7.36. The number of anilines is 1. The maximum absolute atomic E-state index is 14.5. The first-order valence-corrected chi connectivity index (χ1v) is 7.58. The summed E-state index contributed by atoms with van der Waals surface area (Å²) in [5, 5.41) is 6.02. The van der Waals surface area contributed by atoms with Gasteiger partial charge in [-0.05, 0) is 41.0 Å². The molecule has 1 aromatic rings. The number of hydrogen-bond donors (Lipinski definition) is 2. The van der Waals surface area contributed by atoms with Crippen molar-refractivity contribution in [3.05, 3.63) is 29.1 Å². The lowest BCUT2D eigenvalue weighted by atomic mass is 9.99. The van der Waals surface area contributed by atoms with Crippen molar-refractivity contribution in [2.75, 3.05) is 11.9 Å². The van der Waals surface area contributed by atoms with Crippen LogP contribution in [0.4, 0.5) is 10.1 Å². The monoisotopic (exact) mass is 290 g/mol. The van der Waals surface area contributed by atoms with Gasteiger partial charge in [0.1, 0.15) is 5.82 Å². The number of carbonyl (C=O) groups excluding carboxylic acids is 1. The van der Waals surface area contributed by atoms with Crippen molar-refractivity contribution >= 4 is 11.6 Å². The molecule has 0 unspecified atom stereocenters. The van der Waals surface area contributed by atoms with E-state index in [1.54, 1.807) is 6.07 Å². The number of hydrogen-bond acceptors (Lipinski definition) is 2. The lowest BCUT2D eigenvalue weighted by Gasteiger charge is -2.19. The Morgan fingerprint density at radius 1 is 1.29 bits per heavy atom. The lowest BCUT2D eigenvalue weighted by Crippen LogP contribution is -2.25. The van der Waals surface area contributed by atoms with Crippen LogP contribution in [-0.2, 0) is 17.8 Å². The molecule has 0 spiro atoms. The van der Waals surface area contributed by atoms with E-state index >= 15 is 0 Å². The summed E-state index contributed by atoms with van der Waals surface area (Å²) in [6.45, 7) is 9.84. The molecule has 4 heteroatoms. The topological polar surface area (TPSA) is 41.1 Å². The Morgan fingerprint density at radius 2 is 1.95 bits per heavy atom. The summed E-state index contributed by atoms with van der Waals surface area (Å²) in [6.07, 6.45) is 0.672. The van der Waals surface area contributed by atoms with Gasteiger partial charge in [-0.3, -0.25) is 4.79 Å². The van der Waals surface area contributed by atoms with Crippen LogP contribution in [0.5, 0.6) is 0 Å². The van der Waals surface area contributed by atoms with Crippen molar-refractivity contribution in [1.82, 2.24) is 5.32 Å². The van der Waals surface area contributed by atoms with Crippen LogP contribution < -0.4 is 10.6 Å². The fourth-order valence-corrected chi connectivity index (χ4v) is 3.69. The summed E-state index contributed by atoms with van der Waals surface area (Å²) in [7, 11) is 0. The fourth-order valence-electron chi connectivity index (χ4n) is 3.69. The highest BCUT2D eigenvalue weighted by atomic mass is 19.1. The minimum Gasteiger partial charge on any atom is -0.323 e. The van der Waals surface area contributed by atoms with Crippen LogP contribution in [0.15, 0.2) is 12.1 Å². The number of halogens is 1. The molecule has 3 rings (SSSR count). The molecule has 1 amide bonds. The molecule has 0 atom stereocenters. The molecule has 2 N–H and O–H groups in total. The standard InChI is InChI=1S/C17H23FN2O/c1-16(2)14(17(16,3)4)15(21)20-12-6-5-10-9-19-8-7-11(10)13(12)18/h5-6,14,19H,7-9H2,1-4H3,(H,20,21). The van der Waals surface area contributed by atoms with E-state index in [2.05, 4.69) is 38.3 Å². The molecule has 0 bridgehead atoms. The second kappa shape index (κ2) is 4.54. The Labute approximate surface area is 125 Å². The number of carbonyl (C=O) groups is 1. The molecule has 1 heterocycles. The number of amides is 1. The fraction of sp³-hybridized carbons (Fsp3) is 0.588. The van der Waals surface area contributed by atoms with Gasteiger partial charge < -0.3 is 10.6 Å². The van der Waals surface area contributed by atoms with Gasteiger partial charge in [-0.1, -0.05) is 33.8 Å². The van der Waals surface area contributed by atoms with Gasteiger partial charge in [0.25, 0.3) is 0 Å². The minimum absolute atomic E-state index is 0.0360. The van der Waals surface area contributed by atoms with Crippen molar-refractivity contribution in [2.24, 2.45) is 16.7 Å². The summed E-state index contributed by atoms with van der Waals surface area (Å²) in [4.78, 5) is 12.4. The second-order valence-corrected chi connectivity index (χ2v) is 7.36. The highest BCUT2D eigenvalue weighted by Crippen LogP contribution is 2.68. The SMILES string of the molecule is CC1(C)C(C(=O)Nc2ccc3c(c2F)CCNC3)C1(C)C. The molecule has 0 saturated heterocycles. The van der Waals surface area contributed by atoms with Crippen molar-refractivity contribution in [2.45, 2.75) is 40.7 Å². The normalized spacial score (nSPS) is 22.5. The van der Waals surface area contributed by atoms with Gasteiger partial charge in [-0.2, -0.15) is 0 Å². The van der Waals surface area contributed by atoms with Crippen molar-refractivity contribution in [3.63, 3.8) is 0 Å². The third-order valence-corrected chi connectivity index (χ3v) is 5.75. The van der Waals surface area contributed by atoms with Gasteiger partial charge in [0.15, 0.2) is 0 Å². The smallest absolute Gasteiger partial charge is 0.228 e. The van der Waals surface area contributed by atoms with Gasteiger partial charge in [0, 0.05) is 12.5 Å². The van der Waals surface area contributed by atoms with E-state index in [1.165, 1.54) is 0 Å². The summed E-state index contributed by atoms with van der Waals surface area (Å²) in [5.41, 5.74) is 1.97. The zero-order valence-corrected chi connectivity index (χ0v) is 13.1. The van der Waals surface area contributed by atoms with Crippen molar-refractivity contribution < 1.29 is 9.18 Å². The zero-order chi connectivity index (χ0) is 15.4. The first-order valence-electron chi connectivity index (χ1n) is 7.58. The van der Waals surface area contributed by atoms with Crippen LogP contribution in [-0.4, -0.2) is 12.5 Å². The number of rotatable bonds is 2. The van der Waals surface area contributed by atoms with Crippen LogP contribution in [0, 0.1) is 22.6 Å². The summed E-state index contributed by atoms with van der Waals surface area (Å²) < 4.78 is 14.5. The van der Waals surface area contributed by atoms with E-state index in [4.69, 9.17) is 0 Å². The molecule has 0 aromatic heterocycles. The highest BCUT2D eigenvalue weighted by molar-refractivity contribution is 5.96. The van der Waals surface area contributed by atoms with Crippen LogP contribution in [0.25, 0.3) is 0 Å². The molecule has 1 saturated carbocycles. The van der Waals surface area contributed by atoms with Gasteiger partial charge in [0.2, 0.25) is 5.91 Å². The molecule has 2 aliphatic rings. The molecule has 1 fully saturated rings. The molecule has 1 aliphatic heterocycles. The van der Waals surface area contributed by atoms with Crippen LogP contribution >= 0.6 is 0 Å². The largest absolute Gasteiger partial charge is 0.323 e. The Morgan fingerprint density at radius 3 is 2.57 bits per heavy atom. The molecule has 114 valence electrons. The van der Waals surface area contributed by atoms with Crippen LogP contribution in [0.3, 0.4) is 0 Å². The van der Waals surface area contributed by atoms with Gasteiger partial charge in [0.05, 0.1) is 5.69 Å². The Balaban J connectivity index is 1.82. The van der Waals surface area contributed by atoms with Crippen molar-refractivity contribution in [3.8, 4) is 0 Å². The highest BCUT2D eigenvalue weighted by Gasteiger charge is 2.68. The maximum Gasteiger partial charge on any atom is 0.228 e. The van der Waals surface area contributed by atoms with Crippen molar-refractivity contribution in [1.29, 1.82) is 0 Å². The Hall–Kier alpha value is -1.42. The van der Waals surface area contributed by atoms with E-state index in [-0.39, 0.29) is 28.5 Å². The third kappa shape index (κ3) is 2.08.